The highest BCUT2D eigenvalue weighted by Gasteiger charge is 2.34. The molecule has 0 saturated carbocycles. The fourth-order valence-corrected chi connectivity index (χ4v) is 2.34. The summed E-state index contributed by atoms with van der Waals surface area (Å²) >= 11 is 0. The highest BCUT2D eigenvalue weighted by atomic mass is 16.4. The Morgan fingerprint density at radius 3 is 2.79 bits per heavy atom. The van der Waals surface area contributed by atoms with E-state index >= 15 is 0 Å². The lowest BCUT2D eigenvalue weighted by molar-refractivity contribution is -0.141. The van der Waals surface area contributed by atoms with Crippen molar-refractivity contribution >= 4 is 17.7 Å². The lowest BCUT2D eigenvalue weighted by Gasteiger charge is -2.22. The summed E-state index contributed by atoms with van der Waals surface area (Å²) in [6.07, 6.45) is 1.26. The average molecular weight is 262 g/mol. The Balaban J connectivity index is 2.13. The number of anilines is 1. The van der Waals surface area contributed by atoms with Crippen molar-refractivity contribution in [3.8, 4) is 0 Å². The molecule has 1 aliphatic rings. The number of likely N-dealkylation sites (tertiary alicyclic amines) is 1. The second-order valence-corrected chi connectivity index (χ2v) is 4.87. The van der Waals surface area contributed by atoms with Gasteiger partial charge in [-0.05, 0) is 43.9 Å². The summed E-state index contributed by atoms with van der Waals surface area (Å²) in [5.41, 5.74) is 2.83. The van der Waals surface area contributed by atoms with E-state index in [0.29, 0.717) is 13.0 Å². The number of rotatable bonds is 2. The number of benzene rings is 1. The van der Waals surface area contributed by atoms with Gasteiger partial charge in [-0.2, -0.15) is 0 Å². The van der Waals surface area contributed by atoms with Gasteiger partial charge in [0.05, 0.1) is 0 Å². The van der Waals surface area contributed by atoms with Gasteiger partial charge in [-0.3, -0.25) is 0 Å². The van der Waals surface area contributed by atoms with Gasteiger partial charge in [0, 0.05) is 12.2 Å². The molecule has 2 amide bonds. The molecule has 2 rings (SSSR count). The first kappa shape index (κ1) is 13.4. The van der Waals surface area contributed by atoms with Crippen molar-refractivity contribution in [3.05, 3.63) is 29.3 Å². The molecular formula is C14H18N2O3. The van der Waals surface area contributed by atoms with Gasteiger partial charge in [-0.1, -0.05) is 12.1 Å². The zero-order valence-corrected chi connectivity index (χ0v) is 11.1. The predicted octanol–water partition coefficient (Wildman–Crippen LogP) is 2.38. The second kappa shape index (κ2) is 5.30. The number of carboxylic acid groups (broad SMARTS) is 1. The predicted molar refractivity (Wildman–Crippen MR) is 72.3 cm³/mol. The number of hydrogen-bond donors (Lipinski definition) is 2. The molecule has 0 aliphatic carbocycles. The number of nitrogens with zero attached hydrogens (tertiary/aromatic N) is 1. The molecule has 19 heavy (non-hydrogen) atoms. The largest absolute Gasteiger partial charge is 0.480 e. The van der Waals surface area contributed by atoms with Crippen molar-refractivity contribution in [3.63, 3.8) is 0 Å². The monoisotopic (exact) mass is 262 g/mol. The van der Waals surface area contributed by atoms with Crippen molar-refractivity contribution in [1.29, 1.82) is 0 Å². The van der Waals surface area contributed by atoms with Crippen LogP contribution in [0.3, 0.4) is 0 Å². The van der Waals surface area contributed by atoms with Crippen LogP contribution in [0.25, 0.3) is 0 Å². The fraction of sp³-hybridized carbons (Fsp3) is 0.429. The number of amides is 2. The number of carbonyl (C=O) groups excluding carboxylic acids is 1. The van der Waals surface area contributed by atoms with Crippen LogP contribution >= 0.6 is 0 Å². The molecule has 0 unspecified atom stereocenters. The van der Waals surface area contributed by atoms with Gasteiger partial charge in [-0.25, -0.2) is 9.59 Å². The number of aryl methyl sites for hydroxylation is 1. The Morgan fingerprint density at radius 1 is 1.37 bits per heavy atom. The highest BCUT2D eigenvalue weighted by molar-refractivity contribution is 5.93. The van der Waals surface area contributed by atoms with E-state index in [2.05, 4.69) is 5.32 Å². The number of nitrogens with one attached hydrogen (secondary N) is 1. The van der Waals surface area contributed by atoms with Crippen LogP contribution in [0, 0.1) is 13.8 Å². The van der Waals surface area contributed by atoms with Gasteiger partial charge < -0.3 is 15.3 Å². The van der Waals surface area contributed by atoms with E-state index in [-0.39, 0.29) is 6.03 Å². The number of aliphatic carboxylic acids is 1. The number of hydrogen-bond acceptors (Lipinski definition) is 2. The van der Waals surface area contributed by atoms with Crippen molar-refractivity contribution in [2.45, 2.75) is 32.7 Å². The van der Waals surface area contributed by atoms with Gasteiger partial charge >= 0.3 is 12.0 Å². The quantitative estimate of drug-likeness (QED) is 0.859. The highest BCUT2D eigenvalue weighted by Crippen LogP contribution is 2.22. The minimum Gasteiger partial charge on any atom is -0.480 e. The standard InChI is InChI=1S/C14H18N2O3/c1-9-5-3-6-11(10(9)2)15-14(19)16-8-4-7-12(16)13(17)18/h3,5-6,12H,4,7-8H2,1-2H3,(H,15,19)(H,17,18)/t12-/m1/s1. The zero-order chi connectivity index (χ0) is 14.0. The summed E-state index contributed by atoms with van der Waals surface area (Å²) in [5.74, 6) is -0.936. The number of carbonyl (C=O) groups is 2. The van der Waals surface area contributed by atoms with Gasteiger partial charge in [0.25, 0.3) is 0 Å². The molecule has 1 aromatic rings. The van der Waals surface area contributed by atoms with Crippen LogP contribution in [-0.2, 0) is 4.79 Å². The van der Waals surface area contributed by atoms with E-state index in [1.54, 1.807) is 0 Å². The number of carboxylic acids is 1. The van der Waals surface area contributed by atoms with E-state index in [9.17, 15) is 9.59 Å². The summed E-state index contributed by atoms with van der Waals surface area (Å²) < 4.78 is 0. The Labute approximate surface area is 112 Å². The van der Waals surface area contributed by atoms with Crippen LogP contribution in [0.5, 0.6) is 0 Å². The van der Waals surface area contributed by atoms with Crippen LogP contribution in [-0.4, -0.2) is 34.6 Å². The lowest BCUT2D eigenvalue weighted by Crippen LogP contribution is -2.42. The molecule has 2 N–H and O–H groups in total. The first-order valence-electron chi connectivity index (χ1n) is 6.37. The van der Waals surface area contributed by atoms with E-state index < -0.39 is 12.0 Å². The third-order valence-corrected chi connectivity index (χ3v) is 3.64. The summed E-state index contributed by atoms with van der Waals surface area (Å²) in [6, 6.07) is 4.63. The summed E-state index contributed by atoms with van der Waals surface area (Å²) in [6.45, 7) is 4.40. The molecular weight excluding hydrogens is 244 g/mol. The fourth-order valence-electron chi connectivity index (χ4n) is 2.34. The molecule has 102 valence electrons. The van der Waals surface area contributed by atoms with Crippen LogP contribution in [0.1, 0.15) is 24.0 Å². The minimum atomic E-state index is -0.936. The molecule has 0 bridgehead atoms. The van der Waals surface area contributed by atoms with Gasteiger partial charge in [0.15, 0.2) is 0 Å². The first-order valence-corrected chi connectivity index (χ1v) is 6.37. The summed E-state index contributed by atoms with van der Waals surface area (Å²) in [7, 11) is 0. The number of urea groups is 1. The van der Waals surface area contributed by atoms with Gasteiger partial charge in [-0.15, -0.1) is 0 Å². The molecule has 0 radical (unpaired) electrons. The minimum absolute atomic E-state index is 0.335. The second-order valence-electron chi connectivity index (χ2n) is 4.87. The SMILES string of the molecule is Cc1cccc(NC(=O)N2CCC[C@@H]2C(=O)O)c1C. The molecule has 1 heterocycles. The maximum Gasteiger partial charge on any atom is 0.326 e. The Morgan fingerprint density at radius 2 is 2.11 bits per heavy atom. The third-order valence-electron chi connectivity index (χ3n) is 3.64. The van der Waals surface area contributed by atoms with Crippen LogP contribution in [0.15, 0.2) is 18.2 Å². The first-order chi connectivity index (χ1) is 9.00. The van der Waals surface area contributed by atoms with Crippen molar-refractivity contribution in [2.24, 2.45) is 0 Å². The van der Waals surface area contributed by atoms with Crippen LogP contribution < -0.4 is 5.32 Å². The average Bonchev–Trinajstić information content (AvgIpc) is 2.84. The van der Waals surface area contributed by atoms with Crippen molar-refractivity contribution in [1.82, 2.24) is 4.90 Å². The molecule has 0 aromatic heterocycles. The maximum atomic E-state index is 12.1. The Hall–Kier alpha value is -2.04. The normalized spacial score (nSPS) is 18.4. The molecule has 5 heteroatoms. The molecule has 1 atom stereocenters. The molecule has 1 saturated heterocycles. The third kappa shape index (κ3) is 2.70. The van der Waals surface area contributed by atoms with E-state index in [1.165, 1.54) is 4.90 Å². The molecule has 5 nitrogen and oxygen atoms in total. The topological polar surface area (TPSA) is 69.6 Å². The van der Waals surface area contributed by atoms with Crippen molar-refractivity contribution < 1.29 is 14.7 Å². The van der Waals surface area contributed by atoms with E-state index in [1.807, 2.05) is 32.0 Å². The molecule has 1 aliphatic heterocycles. The molecule has 1 fully saturated rings. The van der Waals surface area contributed by atoms with Gasteiger partial charge in [0.1, 0.15) is 6.04 Å². The van der Waals surface area contributed by atoms with Crippen LogP contribution in [0.4, 0.5) is 10.5 Å². The van der Waals surface area contributed by atoms with Crippen LogP contribution in [0.2, 0.25) is 0 Å². The Bertz CT molecular complexity index is 513. The lowest BCUT2D eigenvalue weighted by atomic mass is 10.1. The molecule has 0 spiro atoms. The van der Waals surface area contributed by atoms with Gasteiger partial charge in [0.2, 0.25) is 0 Å². The Kier molecular flexibility index (Phi) is 3.74. The zero-order valence-electron chi connectivity index (χ0n) is 11.1. The van der Waals surface area contributed by atoms with Crippen molar-refractivity contribution in [2.75, 3.05) is 11.9 Å². The van der Waals surface area contributed by atoms with E-state index in [0.717, 1.165) is 23.2 Å². The van der Waals surface area contributed by atoms with E-state index in [4.69, 9.17) is 5.11 Å². The molecule has 1 aromatic carbocycles. The smallest absolute Gasteiger partial charge is 0.326 e. The summed E-state index contributed by atoms with van der Waals surface area (Å²) in [5, 5.41) is 11.9. The summed E-state index contributed by atoms with van der Waals surface area (Å²) in [4.78, 5) is 24.6. The maximum absolute atomic E-state index is 12.1.